The molecule has 3 rings (SSSR count). The second-order valence-electron chi connectivity index (χ2n) is 6.96. The van der Waals surface area contributed by atoms with Crippen LogP contribution in [0.5, 0.6) is 5.75 Å². The second kappa shape index (κ2) is 9.05. The first-order valence-electron chi connectivity index (χ1n) is 8.92. The number of amides is 1. The first-order valence-corrected chi connectivity index (χ1v) is 8.92. The highest BCUT2D eigenvalue weighted by Gasteiger charge is 2.18. The highest BCUT2D eigenvalue weighted by Crippen LogP contribution is 2.20. The van der Waals surface area contributed by atoms with E-state index in [1.807, 2.05) is 24.3 Å². The van der Waals surface area contributed by atoms with Crippen LogP contribution in [0.3, 0.4) is 0 Å². The van der Waals surface area contributed by atoms with Gasteiger partial charge in [0.25, 0.3) is 5.91 Å². The first-order chi connectivity index (χ1) is 12.0. The molecule has 7 heteroatoms. The van der Waals surface area contributed by atoms with E-state index in [4.69, 9.17) is 0 Å². The first kappa shape index (κ1) is 20.3. The summed E-state index contributed by atoms with van der Waals surface area (Å²) in [7, 11) is 0. The van der Waals surface area contributed by atoms with E-state index in [0.717, 1.165) is 31.6 Å². The molecular formula is C19H27ClN4O2. The van der Waals surface area contributed by atoms with Crippen LogP contribution >= 0.6 is 12.4 Å². The lowest BCUT2D eigenvalue weighted by Gasteiger charge is -2.08. The van der Waals surface area contributed by atoms with Crippen molar-refractivity contribution in [2.45, 2.75) is 32.6 Å². The average molecular weight is 379 g/mol. The zero-order chi connectivity index (χ0) is 17.8. The van der Waals surface area contributed by atoms with Crippen molar-refractivity contribution in [2.75, 3.05) is 19.6 Å². The highest BCUT2D eigenvalue weighted by atomic mass is 35.5. The van der Waals surface area contributed by atoms with Crippen molar-refractivity contribution in [3.8, 4) is 11.4 Å². The standard InChI is InChI=1S/C19H26N4O2.ClH/c1-13(2)15-3-5-16(6-4-15)23-12-17(24)18(22-23)19(25)21-10-8-14-7-9-20-11-14;/h3-6,12-14,20,24H,7-11H2,1-2H3,(H,21,25);1H. The number of aromatic hydroxyl groups is 1. The van der Waals surface area contributed by atoms with Gasteiger partial charge >= 0.3 is 0 Å². The molecule has 0 bridgehead atoms. The number of nitrogens with zero attached hydrogens (tertiary/aromatic N) is 2. The van der Waals surface area contributed by atoms with Crippen LogP contribution in [0.1, 0.15) is 48.7 Å². The summed E-state index contributed by atoms with van der Waals surface area (Å²) in [5, 5.41) is 20.5. The predicted octanol–water partition coefficient (Wildman–Crippen LogP) is 2.85. The maximum absolute atomic E-state index is 12.3. The van der Waals surface area contributed by atoms with Gasteiger partial charge in [-0.25, -0.2) is 4.68 Å². The second-order valence-corrected chi connectivity index (χ2v) is 6.96. The molecule has 1 aliphatic rings. The van der Waals surface area contributed by atoms with Crippen LogP contribution in [0.4, 0.5) is 0 Å². The number of nitrogens with one attached hydrogen (secondary N) is 2. The van der Waals surface area contributed by atoms with Crippen molar-refractivity contribution >= 4 is 18.3 Å². The molecule has 142 valence electrons. The van der Waals surface area contributed by atoms with Crippen molar-refractivity contribution in [3.05, 3.63) is 41.7 Å². The fourth-order valence-corrected chi connectivity index (χ4v) is 3.11. The van der Waals surface area contributed by atoms with Gasteiger partial charge in [-0.1, -0.05) is 26.0 Å². The summed E-state index contributed by atoms with van der Waals surface area (Å²) >= 11 is 0. The van der Waals surface area contributed by atoms with E-state index in [2.05, 4.69) is 29.6 Å². The Labute approximate surface area is 160 Å². The van der Waals surface area contributed by atoms with E-state index in [-0.39, 0.29) is 29.8 Å². The van der Waals surface area contributed by atoms with Crippen LogP contribution in [0.15, 0.2) is 30.5 Å². The number of aromatic nitrogens is 2. The number of carbonyl (C=O) groups is 1. The van der Waals surface area contributed by atoms with Crippen molar-refractivity contribution in [3.63, 3.8) is 0 Å². The maximum atomic E-state index is 12.3. The molecule has 1 aromatic carbocycles. The Bertz CT molecular complexity index is 722. The van der Waals surface area contributed by atoms with Crippen LogP contribution in [0.2, 0.25) is 0 Å². The van der Waals surface area contributed by atoms with Crippen LogP contribution < -0.4 is 10.6 Å². The molecule has 1 unspecified atom stereocenters. The summed E-state index contributed by atoms with van der Waals surface area (Å²) in [5.74, 6) is 0.636. The summed E-state index contributed by atoms with van der Waals surface area (Å²) in [5.41, 5.74) is 2.12. The molecule has 0 aliphatic carbocycles. The lowest BCUT2D eigenvalue weighted by molar-refractivity contribution is 0.0943. The van der Waals surface area contributed by atoms with E-state index in [9.17, 15) is 9.90 Å². The zero-order valence-electron chi connectivity index (χ0n) is 15.2. The van der Waals surface area contributed by atoms with Gasteiger partial charge in [0.05, 0.1) is 11.9 Å². The van der Waals surface area contributed by atoms with Gasteiger partial charge in [-0.05, 0) is 55.5 Å². The minimum Gasteiger partial charge on any atom is -0.504 e. The van der Waals surface area contributed by atoms with E-state index >= 15 is 0 Å². The van der Waals surface area contributed by atoms with Gasteiger partial charge in [0.1, 0.15) is 0 Å². The fraction of sp³-hybridized carbons (Fsp3) is 0.474. The minimum absolute atomic E-state index is 0. The number of carbonyl (C=O) groups excluding carboxylic acids is 1. The van der Waals surface area contributed by atoms with Crippen molar-refractivity contribution in [1.29, 1.82) is 0 Å². The molecule has 1 aliphatic heterocycles. The quantitative estimate of drug-likeness (QED) is 0.722. The Morgan fingerprint density at radius 1 is 1.38 bits per heavy atom. The predicted molar refractivity (Wildman–Crippen MR) is 104 cm³/mol. The van der Waals surface area contributed by atoms with Gasteiger partial charge in [0.15, 0.2) is 11.4 Å². The Balaban J connectivity index is 0.00000243. The summed E-state index contributed by atoms with van der Waals surface area (Å²) in [6.07, 6.45) is 3.57. The number of halogens is 1. The molecule has 1 fully saturated rings. The van der Waals surface area contributed by atoms with E-state index in [0.29, 0.717) is 18.4 Å². The third kappa shape index (κ3) is 4.77. The number of rotatable bonds is 6. The minimum atomic E-state index is -0.332. The van der Waals surface area contributed by atoms with Crippen molar-refractivity contribution in [1.82, 2.24) is 20.4 Å². The molecule has 0 radical (unpaired) electrons. The molecule has 6 nitrogen and oxygen atoms in total. The molecule has 0 spiro atoms. The summed E-state index contributed by atoms with van der Waals surface area (Å²) in [6.45, 7) is 6.94. The van der Waals surface area contributed by atoms with Crippen LogP contribution in [0.25, 0.3) is 5.69 Å². The van der Waals surface area contributed by atoms with Gasteiger partial charge in [0, 0.05) is 6.54 Å². The third-order valence-electron chi connectivity index (χ3n) is 4.73. The van der Waals surface area contributed by atoms with Gasteiger partial charge in [-0.3, -0.25) is 4.79 Å². The Morgan fingerprint density at radius 2 is 2.12 bits per heavy atom. The van der Waals surface area contributed by atoms with E-state index in [1.54, 1.807) is 0 Å². The van der Waals surface area contributed by atoms with Gasteiger partial charge in [0.2, 0.25) is 0 Å². The summed E-state index contributed by atoms with van der Waals surface area (Å²) < 4.78 is 1.54. The highest BCUT2D eigenvalue weighted by molar-refractivity contribution is 5.94. The molecule has 2 heterocycles. The number of hydrogen-bond donors (Lipinski definition) is 3. The molecule has 0 saturated carbocycles. The van der Waals surface area contributed by atoms with Crippen LogP contribution in [0, 0.1) is 5.92 Å². The smallest absolute Gasteiger partial charge is 0.275 e. The molecule has 3 N–H and O–H groups in total. The molecule has 1 atom stereocenters. The maximum Gasteiger partial charge on any atom is 0.275 e. The normalized spacial score (nSPS) is 16.5. The van der Waals surface area contributed by atoms with Crippen molar-refractivity contribution < 1.29 is 9.90 Å². The number of benzene rings is 1. The molecule has 26 heavy (non-hydrogen) atoms. The third-order valence-corrected chi connectivity index (χ3v) is 4.73. The molecule has 1 aromatic heterocycles. The molecular weight excluding hydrogens is 352 g/mol. The topological polar surface area (TPSA) is 79.2 Å². The summed E-state index contributed by atoms with van der Waals surface area (Å²) in [4.78, 5) is 12.3. The molecule has 1 amide bonds. The van der Waals surface area contributed by atoms with Crippen LogP contribution in [-0.4, -0.2) is 40.4 Å². The molecule has 1 saturated heterocycles. The fourth-order valence-electron chi connectivity index (χ4n) is 3.11. The largest absolute Gasteiger partial charge is 0.504 e. The van der Waals surface area contributed by atoms with Crippen LogP contribution in [-0.2, 0) is 0 Å². The lowest BCUT2D eigenvalue weighted by Crippen LogP contribution is -2.27. The monoisotopic (exact) mass is 378 g/mol. The molecule has 2 aromatic rings. The van der Waals surface area contributed by atoms with Crippen molar-refractivity contribution in [2.24, 2.45) is 5.92 Å². The van der Waals surface area contributed by atoms with Gasteiger partial charge in [-0.15, -0.1) is 12.4 Å². The Hall–Kier alpha value is -2.05. The van der Waals surface area contributed by atoms with E-state index < -0.39 is 0 Å². The Kier molecular flexibility index (Phi) is 7.06. The zero-order valence-corrected chi connectivity index (χ0v) is 16.1. The average Bonchev–Trinajstić information content (AvgIpc) is 3.24. The number of hydrogen-bond acceptors (Lipinski definition) is 4. The Morgan fingerprint density at radius 3 is 2.73 bits per heavy atom. The lowest BCUT2D eigenvalue weighted by atomic mass is 10.0. The van der Waals surface area contributed by atoms with Gasteiger partial charge < -0.3 is 15.7 Å². The van der Waals surface area contributed by atoms with E-state index in [1.165, 1.54) is 16.4 Å². The summed E-state index contributed by atoms with van der Waals surface area (Å²) in [6, 6.07) is 7.95. The van der Waals surface area contributed by atoms with Gasteiger partial charge in [-0.2, -0.15) is 5.10 Å². The SMILES string of the molecule is CC(C)c1ccc(-n2cc(O)c(C(=O)NCCC3CCNC3)n2)cc1.Cl.